The van der Waals surface area contributed by atoms with Crippen LogP contribution in [0.5, 0.6) is 0 Å². The van der Waals surface area contributed by atoms with Gasteiger partial charge < -0.3 is 10.8 Å². The molecule has 1 aromatic heterocycles. The van der Waals surface area contributed by atoms with Crippen LogP contribution in [0.4, 0.5) is 0 Å². The van der Waals surface area contributed by atoms with E-state index in [1.54, 1.807) is 12.3 Å². The number of amides is 1. The molecule has 0 saturated heterocycles. The van der Waals surface area contributed by atoms with Crippen molar-refractivity contribution in [3.63, 3.8) is 0 Å². The molecule has 2 aromatic rings. The van der Waals surface area contributed by atoms with Crippen LogP contribution in [0.15, 0.2) is 30.5 Å². The van der Waals surface area contributed by atoms with Gasteiger partial charge in [0.1, 0.15) is 0 Å². The number of unbranched alkanes of at least 4 members (excludes halogenated alkanes) is 1. The van der Waals surface area contributed by atoms with Crippen molar-refractivity contribution in [2.75, 3.05) is 6.61 Å². The number of aromatic nitrogens is 1. The molecule has 0 aliphatic heterocycles. The second-order valence-corrected chi connectivity index (χ2v) is 4.21. The van der Waals surface area contributed by atoms with Crippen LogP contribution in [0.1, 0.15) is 28.8 Å². The largest absolute Gasteiger partial charge is 0.396 e. The van der Waals surface area contributed by atoms with Gasteiger partial charge in [-0.3, -0.25) is 9.78 Å². The molecule has 0 radical (unpaired) electrons. The molecule has 4 heteroatoms. The first kappa shape index (κ1) is 12.5. The van der Waals surface area contributed by atoms with Crippen LogP contribution in [-0.4, -0.2) is 22.6 Å². The molecule has 0 atom stereocenters. The minimum atomic E-state index is -0.429. The third kappa shape index (κ3) is 2.49. The van der Waals surface area contributed by atoms with Crippen molar-refractivity contribution >= 4 is 16.8 Å². The van der Waals surface area contributed by atoms with Gasteiger partial charge in [0.05, 0.1) is 5.52 Å². The number of hydrogen-bond acceptors (Lipinski definition) is 3. The number of nitrogens with two attached hydrogens (primary N) is 1. The van der Waals surface area contributed by atoms with E-state index in [-0.39, 0.29) is 6.61 Å². The Bertz CT molecular complexity index is 567. The minimum Gasteiger partial charge on any atom is -0.396 e. The highest BCUT2D eigenvalue weighted by Gasteiger charge is 2.12. The SMILES string of the molecule is NC(=O)c1ccc2cccnc2c1CCCCO. The number of carbonyl (C=O) groups excluding carboxylic acids is 1. The average molecular weight is 244 g/mol. The summed E-state index contributed by atoms with van der Waals surface area (Å²) in [5.74, 6) is -0.429. The van der Waals surface area contributed by atoms with Gasteiger partial charge >= 0.3 is 0 Å². The minimum absolute atomic E-state index is 0.157. The quantitative estimate of drug-likeness (QED) is 0.785. The topological polar surface area (TPSA) is 76.2 Å². The lowest BCUT2D eigenvalue weighted by molar-refractivity contribution is 0.0999. The van der Waals surface area contributed by atoms with Crippen LogP contribution >= 0.6 is 0 Å². The van der Waals surface area contributed by atoms with Gasteiger partial charge in [0.2, 0.25) is 5.91 Å². The van der Waals surface area contributed by atoms with E-state index in [9.17, 15) is 4.79 Å². The lowest BCUT2D eigenvalue weighted by Gasteiger charge is -2.09. The van der Waals surface area contributed by atoms with E-state index >= 15 is 0 Å². The number of aliphatic hydroxyl groups is 1. The van der Waals surface area contributed by atoms with E-state index in [0.29, 0.717) is 18.4 Å². The molecule has 0 spiro atoms. The Morgan fingerprint density at radius 3 is 2.83 bits per heavy atom. The summed E-state index contributed by atoms with van der Waals surface area (Å²) in [5.41, 5.74) is 7.63. The molecule has 0 aliphatic rings. The number of carbonyl (C=O) groups is 1. The lowest BCUT2D eigenvalue weighted by Crippen LogP contribution is -2.14. The first-order valence-electron chi connectivity index (χ1n) is 6.01. The van der Waals surface area contributed by atoms with Crippen molar-refractivity contribution in [2.45, 2.75) is 19.3 Å². The van der Waals surface area contributed by atoms with E-state index in [1.807, 2.05) is 18.2 Å². The smallest absolute Gasteiger partial charge is 0.249 e. The second-order valence-electron chi connectivity index (χ2n) is 4.21. The van der Waals surface area contributed by atoms with Crippen molar-refractivity contribution in [3.8, 4) is 0 Å². The van der Waals surface area contributed by atoms with Crippen molar-refractivity contribution in [3.05, 3.63) is 41.6 Å². The van der Waals surface area contributed by atoms with E-state index in [4.69, 9.17) is 10.8 Å². The summed E-state index contributed by atoms with van der Waals surface area (Å²) >= 11 is 0. The fraction of sp³-hybridized carbons (Fsp3) is 0.286. The highest BCUT2D eigenvalue weighted by Crippen LogP contribution is 2.22. The molecule has 94 valence electrons. The van der Waals surface area contributed by atoms with Crippen molar-refractivity contribution < 1.29 is 9.90 Å². The zero-order chi connectivity index (χ0) is 13.0. The van der Waals surface area contributed by atoms with Crippen molar-refractivity contribution in [1.82, 2.24) is 4.98 Å². The fourth-order valence-electron chi connectivity index (χ4n) is 2.10. The molecule has 0 saturated carbocycles. The molecule has 1 heterocycles. The molecule has 0 unspecified atom stereocenters. The summed E-state index contributed by atoms with van der Waals surface area (Å²) < 4.78 is 0. The van der Waals surface area contributed by atoms with E-state index in [2.05, 4.69) is 4.98 Å². The number of rotatable bonds is 5. The van der Waals surface area contributed by atoms with E-state index < -0.39 is 5.91 Å². The first-order chi connectivity index (χ1) is 8.74. The number of aryl methyl sites for hydroxylation is 1. The molecular weight excluding hydrogens is 228 g/mol. The number of pyridine rings is 1. The third-order valence-electron chi connectivity index (χ3n) is 2.98. The zero-order valence-corrected chi connectivity index (χ0v) is 10.1. The van der Waals surface area contributed by atoms with E-state index in [1.165, 1.54) is 0 Å². The summed E-state index contributed by atoms with van der Waals surface area (Å²) in [6.07, 6.45) is 3.93. The molecule has 0 fully saturated rings. The van der Waals surface area contributed by atoms with Gasteiger partial charge in [-0.05, 0) is 37.0 Å². The van der Waals surface area contributed by atoms with Gasteiger partial charge in [-0.1, -0.05) is 12.1 Å². The first-order valence-corrected chi connectivity index (χ1v) is 6.01. The highest BCUT2D eigenvalue weighted by atomic mass is 16.2. The Morgan fingerprint density at radius 1 is 1.28 bits per heavy atom. The Balaban J connectivity index is 2.48. The number of nitrogens with zero attached hydrogens (tertiary/aromatic N) is 1. The molecule has 4 nitrogen and oxygen atoms in total. The standard InChI is InChI=1S/C14H16N2O2/c15-14(18)12-7-6-10-4-3-8-16-13(10)11(12)5-1-2-9-17/h3-4,6-8,17H,1-2,5,9H2,(H2,15,18). The second kappa shape index (κ2) is 5.60. The number of primary amides is 1. The number of aliphatic hydroxyl groups excluding tert-OH is 1. The van der Waals surface area contributed by atoms with E-state index in [0.717, 1.165) is 22.9 Å². The number of fused-ring (bicyclic) bond motifs is 1. The van der Waals surface area contributed by atoms with Crippen LogP contribution in [0.25, 0.3) is 10.9 Å². The maximum Gasteiger partial charge on any atom is 0.249 e. The molecule has 2 rings (SSSR count). The van der Waals surface area contributed by atoms with Gasteiger partial charge in [0.15, 0.2) is 0 Å². The molecule has 18 heavy (non-hydrogen) atoms. The Morgan fingerprint density at radius 2 is 2.11 bits per heavy atom. The van der Waals surface area contributed by atoms with Crippen LogP contribution in [0.2, 0.25) is 0 Å². The van der Waals surface area contributed by atoms with Gasteiger partial charge in [-0.15, -0.1) is 0 Å². The van der Waals surface area contributed by atoms with Gasteiger partial charge in [0.25, 0.3) is 0 Å². The molecule has 1 aromatic carbocycles. The van der Waals surface area contributed by atoms with Crippen molar-refractivity contribution in [2.24, 2.45) is 5.73 Å². The van der Waals surface area contributed by atoms with Gasteiger partial charge in [-0.25, -0.2) is 0 Å². The van der Waals surface area contributed by atoms with Crippen LogP contribution in [0.3, 0.4) is 0 Å². The average Bonchev–Trinajstić information content (AvgIpc) is 2.38. The number of hydrogen-bond donors (Lipinski definition) is 2. The summed E-state index contributed by atoms with van der Waals surface area (Å²) in [6.45, 7) is 0.157. The summed E-state index contributed by atoms with van der Waals surface area (Å²) in [6, 6.07) is 7.44. The third-order valence-corrected chi connectivity index (χ3v) is 2.98. The molecule has 1 amide bonds. The maximum atomic E-state index is 11.4. The molecule has 0 bridgehead atoms. The van der Waals surface area contributed by atoms with Gasteiger partial charge in [-0.2, -0.15) is 0 Å². The highest BCUT2D eigenvalue weighted by molar-refractivity contribution is 5.99. The maximum absolute atomic E-state index is 11.4. The Labute approximate surface area is 105 Å². The summed E-state index contributed by atoms with van der Waals surface area (Å²) in [4.78, 5) is 15.8. The Hall–Kier alpha value is -1.94. The van der Waals surface area contributed by atoms with Crippen LogP contribution in [-0.2, 0) is 6.42 Å². The molecule has 3 N–H and O–H groups in total. The lowest BCUT2D eigenvalue weighted by atomic mass is 9.98. The van der Waals surface area contributed by atoms with Crippen molar-refractivity contribution in [1.29, 1.82) is 0 Å². The van der Waals surface area contributed by atoms with Crippen LogP contribution < -0.4 is 5.73 Å². The monoisotopic (exact) mass is 244 g/mol. The fourth-order valence-corrected chi connectivity index (χ4v) is 2.10. The predicted molar refractivity (Wildman–Crippen MR) is 70.3 cm³/mol. The Kier molecular flexibility index (Phi) is 3.89. The number of benzene rings is 1. The molecule has 0 aliphatic carbocycles. The van der Waals surface area contributed by atoms with Crippen LogP contribution in [0, 0.1) is 0 Å². The van der Waals surface area contributed by atoms with Gasteiger partial charge in [0, 0.05) is 23.8 Å². The predicted octanol–water partition coefficient (Wildman–Crippen LogP) is 1.65. The normalized spacial score (nSPS) is 10.7. The summed E-state index contributed by atoms with van der Waals surface area (Å²) in [7, 11) is 0. The zero-order valence-electron chi connectivity index (χ0n) is 10.1. The summed E-state index contributed by atoms with van der Waals surface area (Å²) in [5, 5.41) is 9.83. The molecular formula is C14H16N2O2.